The van der Waals surface area contributed by atoms with Crippen LogP contribution in [0.5, 0.6) is 0 Å². The Morgan fingerprint density at radius 3 is 2.66 bits per heavy atom. The van der Waals surface area contributed by atoms with Gasteiger partial charge in [-0.25, -0.2) is 0 Å². The van der Waals surface area contributed by atoms with Crippen LogP contribution in [-0.2, 0) is 9.53 Å². The highest BCUT2D eigenvalue weighted by Gasteiger charge is 2.29. The predicted octanol–water partition coefficient (Wildman–Crippen LogP) is 3.82. The Bertz CT molecular complexity index is 967. The van der Waals surface area contributed by atoms with Gasteiger partial charge in [0.15, 0.2) is 0 Å². The highest BCUT2D eigenvalue weighted by molar-refractivity contribution is 7.99. The fourth-order valence-corrected chi connectivity index (χ4v) is 4.67. The number of hydrogen-bond donors (Lipinski definition) is 1. The van der Waals surface area contributed by atoms with E-state index in [0.717, 1.165) is 9.79 Å². The fourth-order valence-electron chi connectivity index (χ4n) is 3.66. The third-order valence-corrected chi connectivity index (χ3v) is 6.38. The third-order valence-electron chi connectivity index (χ3n) is 5.23. The second kappa shape index (κ2) is 8.29. The Kier molecular flexibility index (Phi) is 5.58. The first-order valence-electron chi connectivity index (χ1n) is 9.75. The summed E-state index contributed by atoms with van der Waals surface area (Å²) in [6.07, 6.45) is 1.22. The van der Waals surface area contributed by atoms with E-state index < -0.39 is 0 Å². The summed E-state index contributed by atoms with van der Waals surface area (Å²) in [5, 5.41) is 2.92. The van der Waals surface area contributed by atoms with E-state index in [1.54, 1.807) is 30.0 Å². The molecule has 6 nitrogen and oxygen atoms in total. The molecular weight excluding hydrogens is 388 g/mol. The molecule has 2 aliphatic heterocycles. The fraction of sp³-hybridized carbons (Fsp3) is 0.318. The minimum atomic E-state index is -0.177. The molecule has 2 heterocycles. The van der Waals surface area contributed by atoms with Crippen molar-refractivity contribution in [2.24, 2.45) is 5.92 Å². The maximum atomic E-state index is 13.0. The molecule has 2 aromatic carbocycles. The molecule has 0 radical (unpaired) electrons. The number of carbonyl (C=O) groups excluding carboxylic acids is 3. The van der Waals surface area contributed by atoms with Crippen molar-refractivity contribution in [2.45, 2.75) is 29.6 Å². The maximum absolute atomic E-state index is 13.0. The summed E-state index contributed by atoms with van der Waals surface area (Å²) in [4.78, 5) is 41.0. The van der Waals surface area contributed by atoms with Crippen LogP contribution in [0.3, 0.4) is 0 Å². The van der Waals surface area contributed by atoms with Crippen LogP contribution in [0, 0.1) is 5.92 Å². The summed E-state index contributed by atoms with van der Waals surface area (Å²) in [6.45, 7) is 3.21. The van der Waals surface area contributed by atoms with Crippen LogP contribution in [0.2, 0.25) is 0 Å². The van der Waals surface area contributed by atoms with Crippen molar-refractivity contribution < 1.29 is 19.1 Å². The van der Waals surface area contributed by atoms with Crippen LogP contribution in [0.4, 0.5) is 5.69 Å². The Labute approximate surface area is 173 Å². The van der Waals surface area contributed by atoms with Gasteiger partial charge >= 0.3 is 5.97 Å². The first-order valence-corrected chi connectivity index (χ1v) is 10.6. The van der Waals surface area contributed by atoms with Gasteiger partial charge in [-0.05, 0) is 50.1 Å². The van der Waals surface area contributed by atoms with E-state index >= 15 is 0 Å². The average molecular weight is 410 g/mol. The van der Waals surface area contributed by atoms with Crippen molar-refractivity contribution in [2.75, 3.05) is 25.0 Å². The largest absolute Gasteiger partial charge is 0.466 e. The number of rotatable bonds is 3. The highest BCUT2D eigenvalue weighted by Crippen LogP contribution is 2.39. The molecular formula is C22H22N2O4S. The SMILES string of the molecule is CCOC(=O)C1CCN(C(=O)c2ccc3c(c2)NC(=O)c2ccccc2S3)CC1. The van der Waals surface area contributed by atoms with Crippen molar-refractivity contribution >= 4 is 35.2 Å². The first-order chi connectivity index (χ1) is 14.1. The molecule has 0 aromatic heterocycles. The minimum Gasteiger partial charge on any atom is -0.466 e. The normalized spacial score (nSPS) is 16.3. The van der Waals surface area contributed by atoms with Gasteiger partial charge in [0.25, 0.3) is 11.8 Å². The summed E-state index contributed by atoms with van der Waals surface area (Å²) in [7, 11) is 0. The number of fused-ring (bicyclic) bond motifs is 2. The lowest BCUT2D eigenvalue weighted by Crippen LogP contribution is -2.40. The van der Waals surface area contributed by atoms with Gasteiger partial charge in [0.05, 0.1) is 23.8 Å². The summed E-state index contributed by atoms with van der Waals surface area (Å²) < 4.78 is 5.09. The van der Waals surface area contributed by atoms with Crippen LogP contribution >= 0.6 is 11.8 Å². The molecule has 1 fully saturated rings. The van der Waals surface area contributed by atoms with E-state index in [1.165, 1.54) is 11.8 Å². The topological polar surface area (TPSA) is 75.7 Å². The lowest BCUT2D eigenvalue weighted by Gasteiger charge is -2.31. The Morgan fingerprint density at radius 1 is 1.14 bits per heavy atom. The average Bonchev–Trinajstić information content (AvgIpc) is 2.89. The second-order valence-corrected chi connectivity index (χ2v) is 8.17. The van der Waals surface area contributed by atoms with Crippen LogP contribution in [0.25, 0.3) is 0 Å². The van der Waals surface area contributed by atoms with E-state index in [1.807, 2.05) is 24.3 Å². The molecule has 150 valence electrons. The third kappa shape index (κ3) is 4.00. The highest BCUT2D eigenvalue weighted by atomic mass is 32.2. The van der Waals surface area contributed by atoms with Crippen LogP contribution < -0.4 is 5.32 Å². The van der Waals surface area contributed by atoms with Crippen LogP contribution in [-0.4, -0.2) is 42.4 Å². The van der Waals surface area contributed by atoms with Gasteiger partial charge in [0.2, 0.25) is 0 Å². The Morgan fingerprint density at radius 2 is 1.90 bits per heavy atom. The first kappa shape index (κ1) is 19.5. The lowest BCUT2D eigenvalue weighted by molar-refractivity contribution is -0.149. The van der Waals surface area contributed by atoms with Gasteiger partial charge in [0.1, 0.15) is 0 Å². The molecule has 0 saturated carbocycles. The maximum Gasteiger partial charge on any atom is 0.309 e. The van der Waals surface area contributed by atoms with Crippen molar-refractivity contribution in [3.63, 3.8) is 0 Å². The Balaban J connectivity index is 1.49. The molecule has 1 saturated heterocycles. The van der Waals surface area contributed by atoms with E-state index in [2.05, 4.69) is 5.32 Å². The van der Waals surface area contributed by atoms with Gasteiger partial charge in [-0.3, -0.25) is 14.4 Å². The number of anilines is 1. The van der Waals surface area contributed by atoms with E-state index in [4.69, 9.17) is 4.74 Å². The molecule has 0 unspecified atom stereocenters. The monoisotopic (exact) mass is 410 g/mol. The molecule has 0 bridgehead atoms. The van der Waals surface area contributed by atoms with Gasteiger partial charge in [-0.1, -0.05) is 23.9 Å². The number of carbonyl (C=O) groups is 3. The molecule has 29 heavy (non-hydrogen) atoms. The molecule has 7 heteroatoms. The second-order valence-electron chi connectivity index (χ2n) is 7.08. The Hall–Kier alpha value is -2.80. The van der Waals surface area contributed by atoms with Gasteiger partial charge in [-0.2, -0.15) is 0 Å². The number of ether oxygens (including phenoxy) is 1. The standard InChI is InChI=1S/C22H22N2O4S/c1-2-28-22(27)14-9-11-24(12-10-14)21(26)15-7-8-19-17(13-15)23-20(25)16-5-3-4-6-18(16)29-19/h3-8,13-14H,2,9-12H2,1H3,(H,23,25). The number of benzene rings is 2. The number of piperidine rings is 1. The molecule has 4 rings (SSSR count). The van der Waals surface area contributed by atoms with Crippen molar-refractivity contribution in [3.05, 3.63) is 53.6 Å². The lowest BCUT2D eigenvalue weighted by atomic mass is 9.96. The van der Waals surface area contributed by atoms with E-state index in [-0.39, 0.29) is 23.7 Å². The molecule has 2 amide bonds. The number of hydrogen-bond acceptors (Lipinski definition) is 5. The summed E-state index contributed by atoms with van der Waals surface area (Å²) in [5.74, 6) is -0.577. The number of nitrogens with one attached hydrogen (secondary N) is 1. The molecule has 2 aliphatic rings. The molecule has 1 N–H and O–H groups in total. The number of amides is 2. The molecule has 2 aromatic rings. The van der Waals surface area contributed by atoms with Gasteiger partial charge in [0, 0.05) is 28.4 Å². The zero-order valence-corrected chi connectivity index (χ0v) is 17.0. The molecule has 0 atom stereocenters. The molecule has 0 aliphatic carbocycles. The van der Waals surface area contributed by atoms with E-state index in [0.29, 0.717) is 49.4 Å². The smallest absolute Gasteiger partial charge is 0.309 e. The number of nitrogens with zero attached hydrogens (tertiary/aromatic N) is 1. The molecule has 0 spiro atoms. The summed E-state index contributed by atoms with van der Waals surface area (Å²) in [6, 6.07) is 12.9. The van der Waals surface area contributed by atoms with Crippen LogP contribution in [0.15, 0.2) is 52.3 Å². The van der Waals surface area contributed by atoms with Crippen LogP contribution in [0.1, 0.15) is 40.5 Å². The quantitative estimate of drug-likeness (QED) is 0.779. The van der Waals surface area contributed by atoms with E-state index in [9.17, 15) is 14.4 Å². The van der Waals surface area contributed by atoms with Gasteiger partial charge < -0.3 is 15.0 Å². The zero-order chi connectivity index (χ0) is 20.4. The minimum absolute atomic E-state index is 0.0869. The number of likely N-dealkylation sites (tertiary alicyclic amines) is 1. The summed E-state index contributed by atoms with van der Waals surface area (Å²) in [5.41, 5.74) is 1.80. The van der Waals surface area contributed by atoms with Crippen molar-refractivity contribution in [1.82, 2.24) is 4.90 Å². The predicted molar refractivity (Wildman–Crippen MR) is 110 cm³/mol. The zero-order valence-electron chi connectivity index (χ0n) is 16.1. The van der Waals surface area contributed by atoms with Gasteiger partial charge in [-0.15, -0.1) is 0 Å². The summed E-state index contributed by atoms with van der Waals surface area (Å²) >= 11 is 1.51. The van der Waals surface area contributed by atoms with Crippen molar-refractivity contribution in [3.8, 4) is 0 Å². The number of esters is 1. The van der Waals surface area contributed by atoms with Crippen molar-refractivity contribution in [1.29, 1.82) is 0 Å².